The zero-order chi connectivity index (χ0) is 17.0. The zero-order valence-corrected chi connectivity index (χ0v) is 13.9. The molecular formula is C17H24FN3O2. The summed E-state index contributed by atoms with van der Waals surface area (Å²) in [6.45, 7) is 7.17. The molecule has 126 valence electrons. The second kappa shape index (κ2) is 7.08. The van der Waals surface area contributed by atoms with E-state index in [9.17, 15) is 14.0 Å². The minimum Gasteiger partial charge on any atom is -0.353 e. The van der Waals surface area contributed by atoms with Crippen molar-refractivity contribution in [3.05, 3.63) is 35.6 Å². The van der Waals surface area contributed by atoms with Gasteiger partial charge in [-0.25, -0.2) is 4.39 Å². The summed E-state index contributed by atoms with van der Waals surface area (Å²) in [4.78, 5) is 25.7. The summed E-state index contributed by atoms with van der Waals surface area (Å²) in [5.74, 6) is -0.603. The van der Waals surface area contributed by atoms with Crippen LogP contribution in [-0.2, 0) is 15.0 Å². The van der Waals surface area contributed by atoms with E-state index in [-0.39, 0.29) is 17.6 Å². The maximum absolute atomic E-state index is 14.0. The fraction of sp³-hybridized carbons (Fsp3) is 0.529. The van der Waals surface area contributed by atoms with E-state index in [0.29, 0.717) is 31.7 Å². The predicted molar refractivity (Wildman–Crippen MR) is 86.5 cm³/mol. The minimum atomic E-state index is -0.538. The molecule has 1 atom stereocenters. The van der Waals surface area contributed by atoms with E-state index in [1.54, 1.807) is 23.1 Å². The highest BCUT2D eigenvalue weighted by atomic mass is 19.1. The van der Waals surface area contributed by atoms with Crippen LogP contribution in [0.4, 0.5) is 4.39 Å². The summed E-state index contributed by atoms with van der Waals surface area (Å²) < 4.78 is 14.0. The number of carbonyl (C=O) groups excluding carboxylic acids is 2. The molecule has 1 aliphatic heterocycles. The van der Waals surface area contributed by atoms with E-state index in [1.165, 1.54) is 13.0 Å². The summed E-state index contributed by atoms with van der Waals surface area (Å²) in [5.41, 5.74) is 0.0231. The number of halogens is 1. The maximum Gasteiger partial charge on any atom is 0.244 e. The minimum absolute atomic E-state index is 0.111. The average Bonchev–Trinajstić information content (AvgIpc) is 2.53. The Labute approximate surface area is 136 Å². The van der Waals surface area contributed by atoms with Crippen molar-refractivity contribution in [2.24, 2.45) is 0 Å². The van der Waals surface area contributed by atoms with Crippen LogP contribution in [0, 0.1) is 5.82 Å². The number of benzene rings is 1. The molecule has 0 aliphatic carbocycles. The lowest BCUT2D eigenvalue weighted by atomic mass is 9.84. The summed E-state index contributed by atoms with van der Waals surface area (Å²) in [7, 11) is 0. The first-order chi connectivity index (χ1) is 10.8. The normalized spacial score (nSPS) is 18.6. The number of hydrogen-bond acceptors (Lipinski definition) is 3. The van der Waals surface area contributed by atoms with Crippen LogP contribution in [-0.4, -0.2) is 48.9 Å². The Bertz CT molecular complexity index is 589. The first kappa shape index (κ1) is 17.4. The molecule has 23 heavy (non-hydrogen) atoms. The van der Waals surface area contributed by atoms with Crippen molar-refractivity contribution in [1.82, 2.24) is 15.5 Å². The van der Waals surface area contributed by atoms with Gasteiger partial charge in [0.2, 0.25) is 11.8 Å². The van der Waals surface area contributed by atoms with Crippen LogP contribution >= 0.6 is 0 Å². The van der Waals surface area contributed by atoms with Crippen molar-refractivity contribution in [3.8, 4) is 0 Å². The molecule has 2 amide bonds. The second-order valence-electron chi connectivity index (χ2n) is 6.51. The number of hydrogen-bond donors (Lipinski definition) is 2. The molecule has 2 rings (SSSR count). The zero-order valence-electron chi connectivity index (χ0n) is 13.9. The fourth-order valence-corrected chi connectivity index (χ4v) is 2.85. The highest BCUT2D eigenvalue weighted by Gasteiger charge is 2.32. The van der Waals surface area contributed by atoms with Gasteiger partial charge in [0.05, 0.1) is 0 Å². The molecule has 0 saturated carbocycles. The van der Waals surface area contributed by atoms with Crippen molar-refractivity contribution in [2.75, 3.05) is 26.2 Å². The Balaban J connectivity index is 2.03. The van der Waals surface area contributed by atoms with E-state index in [4.69, 9.17) is 0 Å². The summed E-state index contributed by atoms with van der Waals surface area (Å²) in [6, 6.07) is 6.06. The van der Waals surface area contributed by atoms with Crippen molar-refractivity contribution < 1.29 is 14.0 Å². The van der Waals surface area contributed by atoms with Gasteiger partial charge in [0.25, 0.3) is 0 Å². The van der Waals surface area contributed by atoms with E-state index in [2.05, 4.69) is 10.6 Å². The van der Waals surface area contributed by atoms with E-state index < -0.39 is 11.5 Å². The standard InChI is InChI=1S/C17H24FN3O2/c1-12(22)21-9-8-19-10-15(21)16(23)20-11-17(2,3)13-6-4-5-7-14(13)18/h4-7,15,19H,8-11H2,1-3H3,(H,20,23)/t15-/m1/s1. The Hall–Kier alpha value is -1.95. The van der Waals surface area contributed by atoms with Gasteiger partial charge in [-0.3, -0.25) is 9.59 Å². The molecule has 1 saturated heterocycles. The number of carbonyl (C=O) groups is 2. The van der Waals surface area contributed by atoms with Gasteiger partial charge in [-0.1, -0.05) is 32.0 Å². The molecule has 0 aromatic heterocycles. The number of nitrogens with zero attached hydrogens (tertiary/aromatic N) is 1. The van der Waals surface area contributed by atoms with Gasteiger partial charge in [-0.05, 0) is 11.6 Å². The third kappa shape index (κ3) is 4.07. The molecule has 6 heteroatoms. The fourth-order valence-electron chi connectivity index (χ4n) is 2.85. The Kier molecular flexibility index (Phi) is 5.36. The van der Waals surface area contributed by atoms with Gasteiger partial charge in [-0.15, -0.1) is 0 Å². The highest BCUT2D eigenvalue weighted by molar-refractivity contribution is 5.87. The average molecular weight is 321 g/mol. The maximum atomic E-state index is 14.0. The monoisotopic (exact) mass is 321 g/mol. The van der Waals surface area contributed by atoms with Crippen LogP contribution in [0.1, 0.15) is 26.3 Å². The summed E-state index contributed by atoms with van der Waals surface area (Å²) in [6.07, 6.45) is 0. The van der Waals surface area contributed by atoms with Crippen molar-refractivity contribution in [1.29, 1.82) is 0 Å². The smallest absolute Gasteiger partial charge is 0.244 e. The lowest BCUT2D eigenvalue weighted by molar-refractivity contribution is -0.140. The summed E-state index contributed by atoms with van der Waals surface area (Å²) in [5, 5.41) is 5.99. The molecule has 1 fully saturated rings. The number of rotatable bonds is 4. The SMILES string of the molecule is CC(=O)N1CCNC[C@@H]1C(=O)NCC(C)(C)c1ccccc1F. The van der Waals surface area contributed by atoms with Gasteiger partial charge in [-0.2, -0.15) is 0 Å². The predicted octanol–water partition coefficient (Wildman–Crippen LogP) is 1.04. The Morgan fingerprint density at radius 3 is 2.74 bits per heavy atom. The molecule has 5 nitrogen and oxygen atoms in total. The molecule has 1 aromatic rings. The van der Waals surface area contributed by atoms with Gasteiger partial charge in [0.1, 0.15) is 11.9 Å². The molecule has 2 N–H and O–H groups in total. The second-order valence-corrected chi connectivity index (χ2v) is 6.51. The molecule has 0 bridgehead atoms. The largest absolute Gasteiger partial charge is 0.353 e. The van der Waals surface area contributed by atoms with Crippen LogP contribution in [0.5, 0.6) is 0 Å². The van der Waals surface area contributed by atoms with Crippen molar-refractivity contribution >= 4 is 11.8 Å². The molecule has 1 aliphatic rings. The topological polar surface area (TPSA) is 61.4 Å². The van der Waals surface area contributed by atoms with Gasteiger partial charge in [0, 0.05) is 38.5 Å². The van der Waals surface area contributed by atoms with E-state index in [0.717, 1.165) is 0 Å². The third-order valence-electron chi connectivity index (χ3n) is 4.26. The van der Waals surface area contributed by atoms with Gasteiger partial charge in [0.15, 0.2) is 0 Å². The number of amides is 2. The molecule has 0 radical (unpaired) electrons. The van der Waals surface area contributed by atoms with Crippen LogP contribution in [0.15, 0.2) is 24.3 Å². The van der Waals surface area contributed by atoms with Crippen LogP contribution in [0.25, 0.3) is 0 Å². The Morgan fingerprint density at radius 1 is 1.39 bits per heavy atom. The highest BCUT2D eigenvalue weighted by Crippen LogP contribution is 2.24. The van der Waals surface area contributed by atoms with Crippen LogP contribution in [0.2, 0.25) is 0 Å². The van der Waals surface area contributed by atoms with Crippen LogP contribution < -0.4 is 10.6 Å². The van der Waals surface area contributed by atoms with Crippen LogP contribution in [0.3, 0.4) is 0 Å². The Morgan fingerprint density at radius 2 is 2.09 bits per heavy atom. The molecule has 1 heterocycles. The van der Waals surface area contributed by atoms with E-state index >= 15 is 0 Å². The number of piperazine rings is 1. The molecule has 1 aromatic carbocycles. The van der Waals surface area contributed by atoms with Crippen molar-refractivity contribution in [2.45, 2.75) is 32.2 Å². The molecule has 0 spiro atoms. The number of nitrogens with one attached hydrogen (secondary N) is 2. The van der Waals surface area contributed by atoms with Gasteiger partial charge >= 0.3 is 0 Å². The van der Waals surface area contributed by atoms with Gasteiger partial charge < -0.3 is 15.5 Å². The lowest BCUT2D eigenvalue weighted by Crippen LogP contribution is -2.59. The quantitative estimate of drug-likeness (QED) is 0.871. The first-order valence-electron chi connectivity index (χ1n) is 7.83. The molecular weight excluding hydrogens is 297 g/mol. The lowest BCUT2D eigenvalue weighted by Gasteiger charge is -2.35. The van der Waals surface area contributed by atoms with E-state index in [1.807, 2.05) is 13.8 Å². The molecule has 0 unspecified atom stereocenters. The van der Waals surface area contributed by atoms with Crippen molar-refractivity contribution in [3.63, 3.8) is 0 Å². The third-order valence-corrected chi connectivity index (χ3v) is 4.26. The first-order valence-corrected chi connectivity index (χ1v) is 7.83. The summed E-state index contributed by atoms with van der Waals surface area (Å²) >= 11 is 0.